The number of nitrogens with zero attached hydrogens (tertiary/aromatic N) is 2. The molecule has 0 saturated carbocycles. The van der Waals surface area contributed by atoms with E-state index in [4.69, 9.17) is 9.47 Å². The maximum atomic E-state index is 12.4. The molecule has 0 aromatic heterocycles. The lowest BCUT2D eigenvalue weighted by Crippen LogP contribution is -2.36. The molecule has 1 aliphatic rings. The Labute approximate surface area is 141 Å². The molecule has 1 aromatic carbocycles. The Morgan fingerprint density at radius 1 is 1.04 bits per heavy atom. The second-order valence-electron chi connectivity index (χ2n) is 6.44. The number of imide groups is 2. The van der Waals surface area contributed by atoms with Crippen molar-refractivity contribution in [3.05, 3.63) is 29.8 Å². The molecule has 7 nitrogen and oxygen atoms in total. The third-order valence-electron chi connectivity index (χ3n) is 3.46. The standard InChI is InChI=1S/C17H22N2O5/c1-17(2,3)24-9-8-18-14(20)15(21)19(16(18)22)11-12-6-5-7-13(10-12)23-4/h5-7,10H,8-9,11H2,1-4H3. The number of benzene rings is 1. The van der Waals surface area contributed by atoms with Crippen molar-refractivity contribution in [2.75, 3.05) is 20.3 Å². The second-order valence-corrected chi connectivity index (χ2v) is 6.44. The molecule has 1 saturated heterocycles. The number of carbonyl (C=O) groups excluding carboxylic acids is 3. The fraction of sp³-hybridized carbons (Fsp3) is 0.471. The minimum Gasteiger partial charge on any atom is -0.497 e. The molecule has 1 aromatic rings. The lowest BCUT2D eigenvalue weighted by atomic mass is 10.2. The van der Waals surface area contributed by atoms with Crippen LogP contribution in [-0.4, -0.2) is 53.5 Å². The van der Waals surface area contributed by atoms with Crippen molar-refractivity contribution in [3.63, 3.8) is 0 Å². The van der Waals surface area contributed by atoms with Crippen LogP contribution in [-0.2, 0) is 20.9 Å². The third kappa shape index (κ3) is 4.11. The van der Waals surface area contributed by atoms with Crippen molar-refractivity contribution < 1.29 is 23.9 Å². The van der Waals surface area contributed by atoms with E-state index >= 15 is 0 Å². The number of hydrogen-bond donors (Lipinski definition) is 0. The SMILES string of the molecule is COc1cccc(CN2C(=O)C(=O)N(CCOC(C)(C)C)C2=O)c1. The summed E-state index contributed by atoms with van der Waals surface area (Å²) in [6.45, 7) is 5.89. The predicted molar refractivity (Wildman–Crippen MR) is 86.4 cm³/mol. The maximum Gasteiger partial charge on any atom is 0.334 e. The summed E-state index contributed by atoms with van der Waals surface area (Å²) < 4.78 is 10.6. The van der Waals surface area contributed by atoms with Gasteiger partial charge in [0.25, 0.3) is 0 Å². The number of urea groups is 1. The van der Waals surface area contributed by atoms with E-state index < -0.39 is 17.8 Å². The highest BCUT2D eigenvalue weighted by molar-refractivity contribution is 6.44. The Bertz CT molecular complexity index is 651. The summed E-state index contributed by atoms with van der Waals surface area (Å²) in [6.07, 6.45) is 0. The monoisotopic (exact) mass is 334 g/mol. The van der Waals surface area contributed by atoms with E-state index in [1.54, 1.807) is 24.3 Å². The van der Waals surface area contributed by atoms with E-state index in [1.165, 1.54) is 7.11 Å². The number of amides is 4. The molecule has 4 amide bonds. The van der Waals surface area contributed by atoms with Crippen LogP contribution in [0.1, 0.15) is 26.3 Å². The van der Waals surface area contributed by atoms with Crippen molar-refractivity contribution in [1.82, 2.24) is 9.80 Å². The minimum atomic E-state index is -0.821. The van der Waals surface area contributed by atoms with E-state index in [0.29, 0.717) is 11.3 Å². The highest BCUT2D eigenvalue weighted by Crippen LogP contribution is 2.19. The van der Waals surface area contributed by atoms with Crippen molar-refractivity contribution in [3.8, 4) is 5.75 Å². The second kappa shape index (κ2) is 7.00. The van der Waals surface area contributed by atoms with Gasteiger partial charge in [0.15, 0.2) is 0 Å². The van der Waals surface area contributed by atoms with Crippen LogP contribution in [0.15, 0.2) is 24.3 Å². The van der Waals surface area contributed by atoms with Crippen LogP contribution in [0.25, 0.3) is 0 Å². The van der Waals surface area contributed by atoms with Gasteiger partial charge >= 0.3 is 17.8 Å². The molecule has 1 fully saturated rings. The van der Waals surface area contributed by atoms with Crippen molar-refractivity contribution in [2.45, 2.75) is 32.9 Å². The Morgan fingerprint density at radius 3 is 2.33 bits per heavy atom. The lowest BCUT2D eigenvalue weighted by molar-refractivity contribution is -0.143. The van der Waals surface area contributed by atoms with Gasteiger partial charge in [-0.2, -0.15) is 0 Å². The van der Waals surface area contributed by atoms with Gasteiger partial charge in [-0.1, -0.05) is 12.1 Å². The zero-order chi connectivity index (χ0) is 17.9. The first-order valence-corrected chi connectivity index (χ1v) is 7.67. The normalized spacial score (nSPS) is 15.4. The van der Waals surface area contributed by atoms with Gasteiger partial charge in [-0.15, -0.1) is 0 Å². The molecule has 0 aliphatic carbocycles. The topological polar surface area (TPSA) is 76.2 Å². The summed E-state index contributed by atoms with van der Waals surface area (Å²) in [5, 5.41) is 0. The number of rotatable bonds is 6. The fourth-order valence-corrected chi connectivity index (χ4v) is 2.28. The molecule has 130 valence electrons. The van der Waals surface area contributed by atoms with Gasteiger partial charge in [-0.3, -0.25) is 19.4 Å². The summed E-state index contributed by atoms with van der Waals surface area (Å²) in [5.74, 6) is -1.02. The molecule has 2 rings (SSSR count). The van der Waals surface area contributed by atoms with Crippen LogP contribution in [0.4, 0.5) is 4.79 Å². The number of ether oxygens (including phenoxy) is 2. The molecule has 7 heteroatoms. The van der Waals surface area contributed by atoms with Gasteiger partial charge in [0.2, 0.25) is 0 Å². The number of carbonyl (C=O) groups is 3. The quantitative estimate of drug-likeness (QED) is 0.586. The minimum absolute atomic E-state index is 0.0250. The zero-order valence-electron chi connectivity index (χ0n) is 14.4. The highest BCUT2D eigenvalue weighted by Gasteiger charge is 2.44. The summed E-state index contributed by atoms with van der Waals surface area (Å²) in [7, 11) is 1.53. The van der Waals surface area contributed by atoms with E-state index in [9.17, 15) is 14.4 Å². The Hall–Kier alpha value is -2.41. The number of hydrogen-bond acceptors (Lipinski definition) is 5. The van der Waals surface area contributed by atoms with Crippen molar-refractivity contribution in [2.24, 2.45) is 0 Å². The van der Waals surface area contributed by atoms with Crippen LogP contribution in [0.2, 0.25) is 0 Å². The third-order valence-corrected chi connectivity index (χ3v) is 3.46. The smallest absolute Gasteiger partial charge is 0.334 e. The maximum absolute atomic E-state index is 12.4. The summed E-state index contributed by atoms with van der Waals surface area (Å²) in [5.41, 5.74) is 0.326. The van der Waals surface area contributed by atoms with Gasteiger partial charge in [0, 0.05) is 0 Å². The average molecular weight is 334 g/mol. The largest absolute Gasteiger partial charge is 0.497 e. The Morgan fingerprint density at radius 2 is 1.71 bits per heavy atom. The van der Waals surface area contributed by atoms with Crippen molar-refractivity contribution >= 4 is 17.8 Å². The summed E-state index contributed by atoms with van der Waals surface area (Å²) >= 11 is 0. The molecule has 0 bridgehead atoms. The Balaban J connectivity index is 2.05. The predicted octanol–water partition coefficient (Wildman–Crippen LogP) is 1.80. The van der Waals surface area contributed by atoms with Gasteiger partial charge in [0.05, 0.1) is 32.4 Å². The van der Waals surface area contributed by atoms with Gasteiger partial charge < -0.3 is 9.47 Å². The Kier molecular flexibility index (Phi) is 5.23. The molecule has 0 N–H and O–H groups in total. The van der Waals surface area contributed by atoms with Gasteiger partial charge in [-0.05, 0) is 38.5 Å². The molecule has 0 atom stereocenters. The molecule has 0 spiro atoms. The van der Waals surface area contributed by atoms with E-state index in [1.807, 2.05) is 20.8 Å². The van der Waals surface area contributed by atoms with Crippen LogP contribution >= 0.6 is 0 Å². The van der Waals surface area contributed by atoms with Crippen LogP contribution in [0.5, 0.6) is 5.75 Å². The van der Waals surface area contributed by atoms with E-state index in [2.05, 4.69) is 0 Å². The van der Waals surface area contributed by atoms with Gasteiger partial charge in [-0.25, -0.2) is 4.79 Å². The molecule has 1 aliphatic heterocycles. The van der Waals surface area contributed by atoms with Crippen molar-refractivity contribution in [1.29, 1.82) is 0 Å². The summed E-state index contributed by atoms with van der Waals surface area (Å²) in [6, 6.07) is 6.38. The summed E-state index contributed by atoms with van der Waals surface area (Å²) in [4.78, 5) is 38.3. The number of methoxy groups -OCH3 is 1. The van der Waals surface area contributed by atoms with E-state index in [0.717, 1.165) is 9.80 Å². The first-order chi connectivity index (χ1) is 11.2. The molecular formula is C17H22N2O5. The van der Waals surface area contributed by atoms with Crippen LogP contribution in [0.3, 0.4) is 0 Å². The van der Waals surface area contributed by atoms with Crippen LogP contribution in [0, 0.1) is 0 Å². The molecule has 0 unspecified atom stereocenters. The fourth-order valence-electron chi connectivity index (χ4n) is 2.28. The first kappa shape index (κ1) is 17.9. The highest BCUT2D eigenvalue weighted by atomic mass is 16.5. The molecule has 24 heavy (non-hydrogen) atoms. The lowest BCUT2D eigenvalue weighted by Gasteiger charge is -2.21. The molecule has 1 heterocycles. The first-order valence-electron chi connectivity index (χ1n) is 7.67. The molecule has 0 radical (unpaired) electrons. The van der Waals surface area contributed by atoms with Crippen LogP contribution < -0.4 is 4.74 Å². The van der Waals surface area contributed by atoms with E-state index in [-0.39, 0.29) is 25.3 Å². The average Bonchev–Trinajstić information content (AvgIpc) is 2.71. The zero-order valence-corrected chi connectivity index (χ0v) is 14.4. The van der Waals surface area contributed by atoms with Gasteiger partial charge in [0.1, 0.15) is 5.75 Å². The molecular weight excluding hydrogens is 312 g/mol.